The van der Waals surface area contributed by atoms with Crippen LogP contribution in [-0.2, 0) is 11.8 Å². The van der Waals surface area contributed by atoms with E-state index in [1.54, 1.807) is 11.3 Å². The Kier molecular flexibility index (Phi) is 3.35. The summed E-state index contributed by atoms with van der Waals surface area (Å²) in [5.74, 6) is 1.01. The molecule has 0 amide bonds. The highest BCUT2D eigenvalue weighted by molar-refractivity contribution is 7.10. The van der Waals surface area contributed by atoms with Crippen LogP contribution < -0.4 is 10.5 Å². The Morgan fingerprint density at radius 1 is 1.35 bits per heavy atom. The fourth-order valence-corrected chi connectivity index (χ4v) is 3.82. The quantitative estimate of drug-likeness (QED) is 0.925. The second-order valence-electron chi connectivity index (χ2n) is 6.07. The van der Waals surface area contributed by atoms with Gasteiger partial charge in [-0.25, -0.2) is 0 Å². The first-order chi connectivity index (χ1) is 9.53. The predicted molar refractivity (Wildman–Crippen MR) is 84.7 cm³/mol. The van der Waals surface area contributed by atoms with Gasteiger partial charge in [0.2, 0.25) is 0 Å². The smallest absolute Gasteiger partial charge is 0.123 e. The van der Waals surface area contributed by atoms with Crippen molar-refractivity contribution in [1.29, 1.82) is 0 Å². The molecule has 2 nitrogen and oxygen atoms in total. The van der Waals surface area contributed by atoms with Crippen LogP contribution >= 0.6 is 11.3 Å². The maximum absolute atomic E-state index is 6.49. The molecule has 1 atom stereocenters. The summed E-state index contributed by atoms with van der Waals surface area (Å²) in [6.45, 7) is 7.37. The Morgan fingerprint density at radius 2 is 2.15 bits per heavy atom. The second-order valence-corrected chi connectivity index (χ2v) is 7.02. The molecule has 2 heterocycles. The van der Waals surface area contributed by atoms with Crippen molar-refractivity contribution in [2.24, 2.45) is 5.73 Å². The van der Waals surface area contributed by atoms with Crippen molar-refractivity contribution in [2.75, 3.05) is 6.61 Å². The molecule has 20 heavy (non-hydrogen) atoms. The van der Waals surface area contributed by atoms with Gasteiger partial charge >= 0.3 is 0 Å². The maximum Gasteiger partial charge on any atom is 0.123 e. The standard InChI is InChI=1S/C17H21NOS/c1-4-11-7-8-20-16(11)15(18)12-5-6-14-13(9-12)17(2,3)10-19-14/h5-9,15H,4,10,18H2,1-3H3. The van der Waals surface area contributed by atoms with Crippen molar-refractivity contribution in [1.82, 2.24) is 0 Å². The number of nitrogens with two attached hydrogens (primary N) is 1. The van der Waals surface area contributed by atoms with E-state index in [4.69, 9.17) is 10.5 Å². The Hall–Kier alpha value is -1.32. The summed E-state index contributed by atoms with van der Waals surface area (Å²) >= 11 is 1.75. The average Bonchev–Trinajstić information content (AvgIpc) is 3.03. The molecule has 1 aliphatic rings. The Morgan fingerprint density at radius 3 is 2.90 bits per heavy atom. The van der Waals surface area contributed by atoms with Crippen LogP contribution in [0, 0.1) is 0 Å². The van der Waals surface area contributed by atoms with E-state index in [1.807, 2.05) is 0 Å². The fraction of sp³-hybridized carbons (Fsp3) is 0.412. The van der Waals surface area contributed by atoms with Crippen LogP contribution in [0.5, 0.6) is 5.75 Å². The molecule has 2 N–H and O–H groups in total. The van der Waals surface area contributed by atoms with Gasteiger partial charge in [-0.2, -0.15) is 0 Å². The van der Waals surface area contributed by atoms with Crippen LogP contribution in [-0.4, -0.2) is 6.61 Å². The van der Waals surface area contributed by atoms with E-state index in [0.717, 1.165) is 18.8 Å². The summed E-state index contributed by atoms with van der Waals surface area (Å²) in [6.07, 6.45) is 1.03. The fourth-order valence-electron chi connectivity index (χ4n) is 2.80. The highest BCUT2D eigenvalue weighted by Gasteiger charge is 2.32. The van der Waals surface area contributed by atoms with Gasteiger partial charge in [0.1, 0.15) is 5.75 Å². The molecule has 0 aliphatic carbocycles. The third-order valence-corrected chi connectivity index (χ3v) is 5.17. The van der Waals surface area contributed by atoms with Crippen molar-refractivity contribution >= 4 is 11.3 Å². The zero-order valence-corrected chi connectivity index (χ0v) is 13.1. The zero-order valence-electron chi connectivity index (χ0n) is 12.3. The van der Waals surface area contributed by atoms with Crippen LogP contribution in [0.1, 0.15) is 48.4 Å². The molecule has 1 aliphatic heterocycles. The highest BCUT2D eigenvalue weighted by atomic mass is 32.1. The molecule has 2 aromatic rings. The summed E-state index contributed by atoms with van der Waals surface area (Å²) in [6, 6.07) is 8.54. The number of rotatable bonds is 3. The van der Waals surface area contributed by atoms with Gasteiger partial charge in [0, 0.05) is 15.9 Å². The van der Waals surface area contributed by atoms with Crippen LogP contribution in [0.3, 0.4) is 0 Å². The lowest BCUT2D eigenvalue weighted by Crippen LogP contribution is -2.19. The molecule has 0 bridgehead atoms. The minimum absolute atomic E-state index is 0.0355. The molecule has 3 rings (SSSR count). The summed E-state index contributed by atoms with van der Waals surface area (Å²) < 4.78 is 5.75. The molecule has 106 valence electrons. The first-order valence-electron chi connectivity index (χ1n) is 7.12. The van der Waals surface area contributed by atoms with E-state index in [2.05, 4.69) is 50.4 Å². The molecular weight excluding hydrogens is 266 g/mol. The molecule has 0 saturated carbocycles. The van der Waals surface area contributed by atoms with E-state index in [0.29, 0.717) is 0 Å². The monoisotopic (exact) mass is 287 g/mol. The van der Waals surface area contributed by atoms with Crippen molar-refractivity contribution < 1.29 is 4.74 Å². The summed E-state index contributed by atoms with van der Waals surface area (Å²) in [7, 11) is 0. The topological polar surface area (TPSA) is 35.2 Å². The van der Waals surface area contributed by atoms with Gasteiger partial charge in [0.15, 0.2) is 0 Å². The first kappa shape index (κ1) is 13.7. The summed E-state index contributed by atoms with van der Waals surface area (Å²) in [5.41, 5.74) is 10.4. The number of aryl methyl sites for hydroxylation is 1. The zero-order chi connectivity index (χ0) is 14.3. The molecule has 3 heteroatoms. The third-order valence-electron chi connectivity index (χ3n) is 4.12. The number of thiophene rings is 1. The summed E-state index contributed by atoms with van der Waals surface area (Å²) in [5, 5.41) is 2.13. The van der Waals surface area contributed by atoms with Gasteiger partial charge in [0.05, 0.1) is 12.6 Å². The molecule has 0 spiro atoms. The van der Waals surface area contributed by atoms with E-state index in [9.17, 15) is 0 Å². The average molecular weight is 287 g/mol. The van der Waals surface area contributed by atoms with Crippen molar-refractivity contribution in [2.45, 2.75) is 38.6 Å². The Labute approximate surface area is 124 Å². The van der Waals surface area contributed by atoms with E-state index < -0.39 is 0 Å². The van der Waals surface area contributed by atoms with Crippen LogP contribution in [0.15, 0.2) is 29.6 Å². The Balaban J connectivity index is 2.00. The molecule has 1 aromatic carbocycles. The minimum atomic E-state index is -0.0355. The van der Waals surface area contributed by atoms with Crippen LogP contribution in [0.25, 0.3) is 0 Å². The van der Waals surface area contributed by atoms with Gasteiger partial charge in [-0.3, -0.25) is 0 Å². The van der Waals surface area contributed by atoms with Crippen LogP contribution in [0.2, 0.25) is 0 Å². The molecule has 0 fully saturated rings. The third kappa shape index (κ3) is 2.15. The number of hydrogen-bond donors (Lipinski definition) is 1. The van der Waals surface area contributed by atoms with Gasteiger partial charge < -0.3 is 10.5 Å². The lowest BCUT2D eigenvalue weighted by atomic mass is 9.85. The van der Waals surface area contributed by atoms with Gasteiger partial charge in [-0.05, 0) is 41.1 Å². The number of ether oxygens (including phenoxy) is 1. The van der Waals surface area contributed by atoms with Crippen LogP contribution in [0.4, 0.5) is 0 Å². The molecule has 1 unspecified atom stereocenters. The van der Waals surface area contributed by atoms with Gasteiger partial charge in [-0.1, -0.05) is 26.8 Å². The minimum Gasteiger partial charge on any atom is -0.492 e. The SMILES string of the molecule is CCc1ccsc1C(N)c1ccc2c(c1)C(C)(C)CO2. The molecular formula is C17H21NOS. The predicted octanol–water partition coefficient (Wildman–Crippen LogP) is 4.03. The van der Waals surface area contributed by atoms with E-state index in [1.165, 1.54) is 21.6 Å². The molecule has 0 saturated heterocycles. The van der Waals surface area contributed by atoms with E-state index >= 15 is 0 Å². The largest absolute Gasteiger partial charge is 0.492 e. The Bertz CT molecular complexity index is 630. The van der Waals surface area contributed by atoms with Gasteiger partial charge in [0.25, 0.3) is 0 Å². The lowest BCUT2D eigenvalue weighted by molar-refractivity contribution is 0.291. The van der Waals surface area contributed by atoms with Crippen molar-refractivity contribution in [3.05, 3.63) is 51.2 Å². The normalized spacial score (nSPS) is 17.6. The number of hydrogen-bond acceptors (Lipinski definition) is 3. The number of benzene rings is 1. The second kappa shape index (κ2) is 4.90. The highest BCUT2D eigenvalue weighted by Crippen LogP contribution is 2.40. The maximum atomic E-state index is 6.49. The van der Waals surface area contributed by atoms with Crippen molar-refractivity contribution in [3.8, 4) is 5.75 Å². The van der Waals surface area contributed by atoms with Gasteiger partial charge in [-0.15, -0.1) is 11.3 Å². The number of fused-ring (bicyclic) bond motifs is 1. The van der Waals surface area contributed by atoms with E-state index in [-0.39, 0.29) is 11.5 Å². The molecule has 1 aromatic heterocycles. The lowest BCUT2D eigenvalue weighted by Gasteiger charge is -2.18. The first-order valence-corrected chi connectivity index (χ1v) is 8.00. The molecule has 0 radical (unpaired) electrons. The summed E-state index contributed by atoms with van der Waals surface area (Å²) in [4.78, 5) is 1.28. The van der Waals surface area contributed by atoms with Crippen molar-refractivity contribution in [3.63, 3.8) is 0 Å².